The number of amides is 1. The van der Waals surface area contributed by atoms with Crippen molar-refractivity contribution in [3.05, 3.63) is 22.5 Å². The van der Waals surface area contributed by atoms with Crippen LogP contribution in [0.2, 0.25) is 5.15 Å². The third-order valence-corrected chi connectivity index (χ3v) is 5.10. The smallest absolute Gasteiger partial charge is 0.407 e. The molecule has 2 fully saturated rings. The van der Waals surface area contributed by atoms with Gasteiger partial charge in [-0.05, 0) is 0 Å². The Labute approximate surface area is 144 Å². The predicted molar refractivity (Wildman–Crippen MR) is 84.6 cm³/mol. The van der Waals surface area contributed by atoms with Gasteiger partial charge < -0.3 is 24.2 Å². The fraction of sp³-hybridized carbons (Fsp3) is 0.625. The van der Waals surface area contributed by atoms with Gasteiger partial charge in [-0.3, -0.25) is 0 Å². The molecule has 4 heterocycles. The van der Waals surface area contributed by atoms with Gasteiger partial charge in [0.05, 0.1) is 25.5 Å². The van der Waals surface area contributed by atoms with E-state index in [0.29, 0.717) is 44.7 Å². The molecule has 1 amide bonds. The van der Waals surface area contributed by atoms with Crippen LogP contribution in [0.1, 0.15) is 17.7 Å². The molecule has 3 aliphatic heterocycles. The van der Waals surface area contributed by atoms with E-state index in [4.69, 9.17) is 30.9 Å². The lowest BCUT2D eigenvalue weighted by molar-refractivity contribution is -0.0671. The zero-order chi connectivity index (χ0) is 16.7. The standard InChI is InChI=1S/C16H19ClN2O5/c17-13-5-12(23-8-10-6-19(7-10)15(20)21)11-1-3-24-16(14(11)18-13)2-4-22-9-16/h5,10H,1-4,6-9H2,(H,20,21). The minimum atomic E-state index is -0.879. The summed E-state index contributed by atoms with van der Waals surface area (Å²) in [5.41, 5.74) is 1.35. The minimum Gasteiger partial charge on any atom is -0.493 e. The van der Waals surface area contributed by atoms with Crippen LogP contribution in [0.3, 0.4) is 0 Å². The number of carbonyl (C=O) groups is 1. The van der Waals surface area contributed by atoms with Crippen LogP contribution < -0.4 is 4.74 Å². The fourth-order valence-electron chi connectivity index (χ4n) is 3.57. The van der Waals surface area contributed by atoms with Crippen LogP contribution in [0.4, 0.5) is 4.79 Å². The van der Waals surface area contributed by atoms with Gasteiger partial charge in [-0.15, -0.1) is 0 Å². The van der Waals surface area contributed by atoms with Gasteiger partial charge in [0.1, 0.15) is 16.5 Å². The molecule has 24 heavy (non-hydrogen) atoms. The molecule has 1 N–H and O–H groups in total. The summed E-state index contributed by atoms with van der Waals surface area (Å²) < 4.78 is 17.5. The quantitative estimate of drug-likeness (QED) is 0.835. The van der Waals surface area contributed by atoms with Crippen LogP contribution in [0.15, 0.2) is 6.07 Å². The third-order valence-electron chi connectivity index (χ3n) is 4.90. The molecule has 0 aliphatic carbocycles. The number of hydrogen-bond donors (Lipinski definition) is 1. The Morgan fingerprint density at radius 3 is 3.04 bits per heavy atom. The fourth-order valence-corrected chi connectivity index (χ4v) is 3.75. The van der Waals surface area contributed by atoms with Gasteiger partial charge in [-0.2, -0.15) is 0 Å². The van der Waals surface area contributed by atoms with E-state index in [1.807, 2.05) is 0 Å². The van der Waals surface area contributed by atoms with Crippen molar-refractivity contribution in [3.63, 3.8) is 0 Å². The summed E-state index contributed by atoms with van der Waals surface area (Å²) in [4.78, 5) is 16.7. The van der Waals surface area contributed by atoms with Gasteiger partial charge in [0.15, 0.2) is 0 Å². The van der Waals surface area contributed by atoms with E-state index in [2.05, 4.69) is 4.98 Å². The molecule has 1 aromatic heterocycles. The highest BCUT2D eigenvalue weighted by atomic mass is 35.5. The van der Waals surface area contributed by atoms with Crippen LogP contribution >= 0.6 is 11.6 Å². The number of likely N-dealkylation sites (tertiary alicyclic amines) is 1. The van der Waals surface area contributed by atoms with Crippen molar-refractivity contribution in [2.24, 2.45) is 5.92 Å². The average molecular weight is 355 g/mol. The molecular weight excluding hydrogens is 336 g/mol. The van der Waals surface area contributed by atoms with E-state index in [0.717, 1.165) is 29.8 Å². The zero-order valence-corrected chi connectivity index (χ0v) is 13.9. The first kappa shape index (κ1) is 15.9. The average Bonchev–Trinajstić information content (AvgIpc) is 2.95. The number of aromatic nitrogens is 1. The second kappa shape index (κ2) is 6.06. The van der Waals surface area contributed by atoms with Crippen LogP contribution in [0, 0.1) is 5.92 Å². The molecule has 0 saturated carbocycles. The second-order valence-electron chi connectivity index (χ2n) is 6.53. The Morgan fingerprint density at radius 2 is 2.33 bits per heavy atom. The lowest BCUT2D eigenvalue weighted by atomic mass is 9.90. The first-order chi connectivity index (χ1) is 11.6. The largest absolute Gasteiger partial charge is 0.493 e. The van der Waals surface area contributed by atoms with Crippen LogP contribution in [0.5, 0.6) is 5.75 Å². The molecule has 7 nitrogen and oxygen atoms in total. The molecule has 3 aliphatic rings. The highest BCUT2D eigenvalue weighted by molar-refractivity contribution is 6.29. The van der Waals surface area contributed by atoms with Gasteiger partial charge in [0, 0.05) is 50.1 Å². The molecule has 130 valence electrons. The summed E-state index contributed by atoms with van der Waals surface area (Å²) in [6, 6.07) is 1.74. The lowest BCUT2D eigenvalue weighted by Gasteiger charge is -2.37. The van der Waals surface area contributed by atoms with Gasteiger partial charge in [-0.25, -0.2) is 9.78 Å². The van der Waals surface area contributed by atoms with Gasteiger partial charge in [0.2, 0.25) is 0 Å². The molecule has 1 spiro atoms. The van der Waals surface area contributed by atoms with Crippen molar-refractivity contribution in [2.75, 3.05) is 39.5 Å². The summed E-state index contributed by atoms with van der Waals surface area (Å²) in [5.74, 6) is 0.945. The maximum atomic E-state index is 10.8. The first-order valence-corrected chi connectivity index (χ1v) is 8.47. The van der Waals surface area contributed by atoms with E-state index < -0.39 is 11.7 Å². The lowest BCUT2D eigenvalue weighted by Crippen LogP contribution is -2.51. The molecule has 4 rings (SSSR count). The summed E-state index contributed by atoms with van der Waals surface area (Å²) in [5, 5.41) is 9.26. The Morgan fingerprint density at radius 1 is 1.50 bits per heavy atom. The molecule has 0 aromatic carbocycles. The normalized spacial score (nSPS) is 26.3. The molecule has 1 unspecified atom stereocenters. The first-order valence-electron chi connectivity index (χ1n) is 8.10. The molecule has 0 bridgehead atoms. The molecule has 2 saturated heterocycles. The minimum absolute atomic E-state index is 0.215. The van der Waals surface area contributed by atoms with Crippen molar-refractivity contribution in [3.8, 4) is 5.75 Å². The van der Waals surface area contributed by atoms with E-state index in [-0.39, 0.29) is 5.92 Å². The van der Waals surface area contributed by atoms with Crippen molar-refractivity contribution < 1.29 is 24.1 Å². The Kier molecular flexibility index (Phi) is 4.02. The van der Waals surface area contributed by atoms with Gasteiger partial charge in [0.25, 0.3) is 0 Å². The number of halogens is 1. The van der Waals surface area contributed by atoms with Crippen LogP contribution in [0.25, 0.3) is 0 Å². The second-order valence-corrected chi connectivity index (χ2v) is 6.92. The van der Waals surface area contributed by atoms with Crippen molar-refractivity contribution in [1.29, 1.82) is 0 Å². The molecule has 1 aromatic rings. The number of ether oxygens (including phenoxy) is 3. The number of rotatable bonds is 3. The maximum absolute atomic E-state index is 10.8. The SMILES string of the molecule is O=C(O)N1CC(COc2cc(Cl)nc3c2CCOC32CCOC2)C1. The van der Waals surface area contributed by atoms with E-state index >= 15 is 0 Å². The Hall–Kier alpha value is -1.57. The van der Waals surface area contributed by atoms with Crippen molar-refractivity contribution in [2.45, 2.75) is 18.4 Å². The number of hydrogen-bond acceptors (Lipinski definition) is 5. The molecule has 8 heteroatoms. The highest BCUT2D eigenvalue weighted by Gasteiger charge is 2.44. The van der Waals surface area contributed by atoms with Crippen LogP contribution in [-0.2, 0) is 21.5 Å². The molecular formula is C16H19ClN2O5. The zero-order valence-electron chi connectivity index (χ0n) is 13.2. The van der Waals surface area contributed by atoms with E-state index in [9.17, 15) is 4.79 Å². The summed E-state index contributed by atoms with van der Waals surface area (Å²) in [6.07, 6.45) is 0.613. The number of nitrogens with zero attached hydrogens (tertiary/aromatic N) is 2. The topological polar surface area (TPSA) is 81.1 Å². The molecule has 0 radical (unpaired) electrons. The number of fused-ring (bicyclic) bond motifs is 2. The van der Waals surface area contributed by atoms with Crippen molar-refractivity contribution >= 4 is 17.7 Å². The third kappa shape index (κ3) is 2.70. The summed E-state index contributed by atoms with van der Waals surface area (Å²) in [6.45, 7) is 3.24. The van der Waals surface area contributed by atoms with E-state index in [1.165, 1.54) is 4.90 Å². The predicted octanol–water partition coefficient (Wildman–Crippen LogP) is 1.91. The highest BCUT2D eigenvalue weighted by Crippen LogP contribution is 2.42. The molecule has 1 atom stereocenters. The monoisotopic (exact) mass is 354 g/mol. The number of pyridine rings is 1. The maximum Gasteiger partial charge on any atom is 0.407 e. The van der Waals surface area contributed by atoms with Gasteiger partial charge >= 0.3 is 6.09 Å². The Balaban J connectivity index is 1.52. The summed E-state index contributed by atoms with van der Waals surface area (Å²) >= 11 is 6.20. The van der Waals surface area contributed by atoms with Crippen LogP contribution in [-0.4, -0.2) is 60.6 Å². The number of carboxylic acid groups (broad SMARTS) is 1. The summed E-state index contributed by atoms with van der Waals surface area (Å²) in [7, 11) is 0. The van der Waals surface area contributed by atoms with Gasteiger partial charge in [-0.1, -0.05) is 11.6 Å². The Bertz CT molecular complexity index is 656. The van der Waals surface area contributed by atoms with Crippen molar-refractivity contribution in [1.82, 2.24) is 9.88 Å². The van der Waals surface area contributed by atoms with E-state index in [1.54, 1.807) is 6.07 Å².